The summed E-state index contributed by atoms with van der Waals surface area (Å²) >= 11 is 0. The third-order valence-corrected chi connectivity index (χ3v) is 8.40. The highest BCUT2D eigenvalue weighted by atomic mass is 16.2. The fourth-order valence-electron chi connectivity index (χ4n) is 5.97. The zero-order valence-electron chi connectivity index (χ0n) is 25.5. The van der Waals surface area contributed by atoms with E-state index in [2.05, 4.69) is 41.1 Å². The number of amides is 2. The highest BCUT2D eigenvalue weighted by Crippen LogP contribution is 2.25. The number of anilines is 2. The maximum absolute atomic E-state index is 12.4. The van der Waals surface area contributed by atoms with Gasteiger partial charge in [0.1, 0.15) is 11.4 Å². The Kier molecular flexibility index (Phi) is 8.61. The van der Waals surface area contributed by atoms with Gasteiger partial charge in [0.05, 0.1) is 36.9 Å². The number of nitrogens with zero attached hydrogens (tertiary/aromatic N) is 8. The minimum atomic E-state index is 0.00381. The van der Waals surface area contributed by atoms with Crippen molar-refractivity contribution in [2.75, 3.05) is 49.9 Å². The summed E-state index contributed by atoms with van der Waals surface area (Å²) < 4.78 is 3.43. The average Bonchev–Trinajstić information content (AvgIpc) is 3.90. The van der Waals surface area contributed by atoms with E-state index in [4.69, 9.17) is 0 Å². The summed E-state index contributed by atoms with van der Waals surface area (Å²) in [7, 11) is 0. The Hall–Kier alpha value is -5.20. The van der Waals surface area contributed by atoms with E-state index in [1.54, 1.807) is 9.36 Å². The fraction of sp³-hybridized carbons (Fsp3) is 0.294. The van der Waals surface area contributed by atoms with E-state index in [9.17, 15) is 9.59 Å². The molecule has 2 aliphatic heterocycles. The first-order valence-electron chi connectivity index (χ1n) is 15.8. The summed E-state index contributed by atoms with van der Waals surface area (Å²) in [6, 6.07) is 23.1. The summed E-state index contributed by atoms with van der Waals surface area (Å²) in [6.07, 6.45) is 8.39. The van der Waals surface area contributed by atoms with Gasteiger partial charge in [-0.15, -0.1) is 10.2 Å². The lowest BCUT2D eigenvalue weighted by Crippen LogP contribution is -2.30. The van der Waals surface area contributed by atoms with Crippen molar-refractivity contribution in [2.24, 2.45) is 0 Å². The molecule has 2 saturated heterocycles. The van der Waals surface area contributed by atoms with E-state index in [1.165, 1.54) is 0 Å². The van der Waals surface area contributed by atoms with Crippen molar-refractivity contribution in [3.63, 3.8) is 0 Å². The molecule has 0 spiro atoms. The van der Waals surface area contributed by atoms with Crippen LogP contribution in [0.2, 0.25) is 0 Å². The average molecular weight is 617 g/mol. The molecule has 12 nitrogen and oxygen atoms in total. The van der Waals surface area contributed by atoms with E-state index in [-0.39, 0.29) is 11.8 Å². The van der Waals surface area contributed by atoms with Crippen LogP contribution in [-0.4, -0.2) is 90.9 Å². The van der Waals surface area contributed by atoms with E-state index in [1.807, 2.05) is 85.2 Å². The molecular formula is C34H36N10O2. The van der Waals surface area contributed by atoms with Crippen LogP contribution in [0.3, 0.4) is 0 Å². The van der Waals surface area contributed by atoms with Crippen molar-refractivity contribution < 1.29 is 9.59 Å². The molecule has 0 atom stereocenters. The third-order valence-electron chi connectivity index (χ3n) is 8.40. The first-order chi connectivity index (χ1) is 22.6. The van der Waals surface area contributed by atoms with Gasteiger partial charge >= 0.3 is 0 Å². The lowest BCUT2D eigenvalue weighted by molar-refractivity contribution is -0.117. The second kappa shape index (κ2) is 13.4. The molecule has 234 valence electrons. The van der Waals surface area contributed by atoms with E-state index < -0.39 is 0 Å². The molecule has 0 bridgehead atoms. The van der Waals surface area contributed by atoms with Gasteiger partial charge in [0.2, 0.25) is 11.8 Å². The molecule has 12 heteroatoms. The molecule has 4 heterocycles. The Balaban J connectivity index is 0.981. The molecule has 2 amide bonds. The van der Waals surface area contributed by atoms with Crippen molar-refractivity contribution in [2.45, 2.75) is 25.7 Å². The number of rotatable bonds is 10. The van der Waals surface area contributed by atoms with Gasteiger partial charge in [0.15, 0.2) is 0 Å². The highest BCUT2D eigenvalue weighted by molar-refractivity contribution is 5.93. The van der Waals surface area contributed by atoms with E-state index in [0.29, 0.717) is 13.1 Å². The Bertz CT molecular complexity index is 1670. The number of aromatic nitrogens is 6. The van der Waals surface area contributed by atoms with Crippen LogP contribution in [0.15, 0.2) is 85.2 Å². The van der Waals surface area contributed by atoms with E-state index >= 15 is 0 Å². The van der Waals surface area contributed by atoms with Gasteiger partial charge in [-0.1, -0.05) is 28.6 Å². The maximum Gasteiger partial charge on any atom is 0.238 e. The lowest BCUT2D eigenvalue weighted by atomic mass is 10.1. The van der Waals surface area contributed by atoms with Crippen LogP contribution in [0.1, 0.15) is 25.7 Å². The SMILES string of the molecule is O=C(CN1CCCC1)Nc1ccc(-n2cc(-c3cccc(-c4cn(-c5ccc(NC(=O)CN6CCCC6)cc5)nn4)c3)nn2)cc1. The highest BCUT2D eigenvalue weighted by Gasteiger charge is 2.17. The van der Waals surface area contributed by atoms with Crippen LogP contribution in [0, 0.1) is 0 Å². The number of carbonyl (C=O) groups is 2. The second-order valence-corrected chi connectivity index (χ2v) is 11.8. The Morgan fingerprint density at radius 1 is 0.587 bits per heavy atom. The number of hydrogen-bond acceptors (Lipinski definition) is 8. The number of nitrogens with one attached hydrogen (secondary N) is 2. The first-order valence-corrected chi connectivity index (χ1v) is 15.8. The Morgan fingerprint density at radius 2 is 1.00 bits per heavy atom. The summed E-state index contributed by atoms with van der Waals surface area (Å²) in [5, 5.41) is 23.4. The molecule has 5 aromatic rings. The lowest BCUT2D eigenvalue weighted by Gasteiger charge is -2.14. The van der Waals surface area contributed by atoms with Gasteiger partial charge in [-0.25, -0.2) is 9.36 Å². The molecule has 0 unspecified atom stereocenters. The minimum Gasteiger partial charge on any atom is -0.325 e. The topological polar surface area (TPSA) is 126 Å². The van der Waals surface area contributed by atoms with Crippen LogP contribution in [0.4, 0.5) is 11.4 Å². The predicted octanol–water partition coefficient (Wildman–Crippen LogP) is 4.25. The molecule has 46 heavy (non-hydrogen) atoms. The van der Waals surface area contributed by atoms with Gasteiger partial charge in [-0.05, 0) is 106 Å². The van der Waals surface area contributed by atoms with Crippen LogP contribution in [0.25, 0.3) is 33.9 Å². The zero-order valence-corrected chi connectivity index (χ0v) is 25.5. The number of carbonyl (C=O) groups excluding carboxylic acids is 2. The molecule has 2 fully saturated rings. The van der Waals surface area contributed by atoms with Crippen LogP contribution >= 0.6 is 0 Å². The van der Waals surface area contributed by atoms with Gasteiger partial charge in [0.25, 0.3) is 0 Å². The van der Waals surface area contributed by atoms with Gasteiger partial charge in [0, 0.05) is 22.5 Å². The molecule has 7 rings (SSSR count). The summed E-state index contributed by atoms with van der Waals surface area (Å²) in [6.45, 7) is 4.80. The summed E-state index contributed by atoms with van der Waals surface area (Å²) in [5.41, 5.74) is 6.44. The first kappa shape index (κ1) is 29.5. The third kappa shape index (κ3) is 7.03. The minimum absolute atomic E-state index is 0.00381. The largest absolute Gasteiger partial charge is 0.325 e. The van der Waals surface area contributed by atoms with Crippen LogP contribution < -0.4 is 10.6 Å². The van der Waals surface area contributed by atoms with Crippen LogP contribution in [0.5, 0.6) is 0 Å². The quantitative estimate of drug-likeness (QED) is 0.239. The predicted molar refractivity (Wildman–Crippen MR) is 176 cm³/mol. The maximum atomic E-state index is 12.4. The van der Waals surface area contributed by atoms with Crippen molar-refractivity contribution in [1.29, 1.82) is 0 Å². The standard InChI is InChI=1S/C34H36N10O2/c45-33(23-41-16-1-2-17-41)35-27-8-12-29(13-9-27)43-21-31(37-39-43)25-6-5-7-26(20-25)32-22-44(40-38-32)30-14-10-28(11-15-30)36-34(46)24-42-18-3-4-19-42/h5-15,20-22H,1-4,16-19,23-24H2,(H,35,45)(H,36,46). The fourth-order valence-corrected chi connectivity index (χ4v) is 5.97. The molecule has 0 saturated carbocycles. The Morgan fingerprint density at radius 3 is 1.41 bits per heavy atom. The number of benzene rings is 3. The molecule has 2 N–H and O–H groups in total. The summed E-state index contributed by atoms with van der Waals surface area (Å²) in [4.78, 5) is 29.1. The smallest absolute Gasteiger partial charge is 0.238 e. The molecule has 3 aromatic carbocycles. The van der Waals surface area contributed by atoms with Crippen LogP contribution in [-0.2, 0) is 9.59 Å². The van der Waals surface area contributed by atoms with Crippen molar-refractivity contribution >= 4 is 23.2 Å². The number of likely N-dealkylation sites (tertiary alicyclic amines) is 2. The second-order valence-electron chi connectivity index (χ2n) is 11.8. The summed E-state index contributed by atoms with van der Waals surface area (Å²) in [5.74, 6) is 0.00762. The normalized spacial score (nSPS) is 15.3. The van der Waals surface area contributed by atoms with Crippen molar-refractivity contribution in [1.82, 2.24) is 39.8 Å². The molecule has 0 aliphatic carbocycles. The molecule has 2 aromatic heterocycles. The monoisotopic (exact) mass is 616 g/mol. The van der Waals surface area contributed by atoms with Crippen molar-refractivity contribution in [3.8, 4) is 33.9 Å². The van der Waals surface area contributed by atoms with Crippen molar-refractivity contribution in [3.05, 3.63) is 85.2 Å². The molecular weight excluding hydrogens is 580 g/mol. The van der Waals surface area contributed by atoms with Gasteiger partial charge in [-0.3, -0.25) is 19.4 Å². The molecule has 0 radical (unpaired) electrons. The zero-order chi connectivity index (χ0) is 31.3. The van der Waals surface area contributed by atoms with Gasteiger partial charge in [-0.2, -0.15) is 0 Å². The van der Waals surface area contributed by atoms with E-state index in [0.717, 1.165) is 97.1 Å². The Labute approximate surface area is 267 Å². The number of hydrogen-bond donors (Lipinski definition) is 2. The van der Waals surface area contributed by atoms with Gasteiger partial charge < -0.3 is 10.6 Å². The molecule has 2 aliphatic rings.